The Kier molecular flexibility index (Phi) is 4.84. The Bertz CT molecular complexity index is 596. The van der Waals surface area contributed by atoms with Gasteiger partial charge in [-0.25, -0.2) is 4.98 Å². The predicted molar refractivity (Wildman–Crippen MR) is 71.0 cm³/mol. The fourth-order valence-electron chi connectivity index (χ4n) is 1.92. The zero-order valence-electron chi connectivity index (χ0n) is 10.9. The summed E-state index contributed by atoms with van der Waals surface area (Å²) in [6.45, 7) is 0.00988. The fraction of sp³-hybridized carbons (Fsp3) is 0.385. The molecule has 8 heteroatoms. The first-order valence-corrected chi connectivity index (χ1v) is 6.63. The fourth-order valence-corrected chi connectivity index (χ4v) is 2.03. The van der Waals surface area contributed by atoms with Crippen LogP contribution in [0.5, 0.6) is 0 Å². The van der Waals surface area contributed by atoms with Crippen molar-refractivity contribution in [2.24, 2.45) is 0 Å². The minimum absolute atomic E-state index is 0.0819. The molecule has 0 radical (unpaired) electrons. The lowest BCUT2D eigenvalue weighted by Gasteiger charge is -2.05. The molecule has 0 aliphatic heterocycles. The average molecular weight is 320 g/mol. The monoisotopic (exact) mass is 319 g/mol. The molecule has 0 amide bonds. The van der Waals surface area contributed by atoms with Gasteiger partial charge in [0, 0.05) is 24.6 Å². The molecule has 0 unspecified atom stereocenters. The molecule has 2 heterocycles. The van der Waals surface area contributed by atoms with Crippen LogP contribution in [0, 0.1) is 0 Å². The van der Waals surface area contributed by atoms with Crippen LogP contribution in [0.3, 0.4) is 0 Å². The third kappa shape index (κ3) is 4.18. The summed E-state index contributed by atoms with van der Waals surface area (Å²) >= 11 is 5.66. The van der Waals surface area contributed by atoms with Gasteiger partial charge in [-0.1, -0.05) is 17.7 Å². The van der Waals surface area contributed by atoms with Crippen molar-refractivity contribution in [1.29, 1.82) is 0 Å². The van der Waals surface area contributed by atoms with Crippen LogP contribution in [0.2, 0.25) is 5.15 Å². The molecule has 0 aromatic carbocycles. The molecule has 0 aliphatic carbocycles. The molecule has 2 aromatic heterocycles. The molecule has 1 N–H and O–H groups in total. The van der Waals surface area contributed by atoms with Crippen molar-refractivity contribution in [3.8, 4) is 0 Å². The Morgan fingerprint density at radius 3 is 2.62 bits per heavy atom. The van der Waals surface area contributed by atoms with Crippen molar-refractivity contribution < 1.29 is 18.3 Å². The van der Waals surface area contributed by atoms with Crippen LogP contribution < -0.4 is 0 Å². The summed E-state index contributed by atoms with van der Waals surface area (Å²) in [5, 5.41) is 12.7. The maximum atomic E-state index is 12.9. The summed E-state index contributed by atoms with van der Waals surface area (Å²) in [5.74, 6) is 0. The number of aliphatic hydroxyl groups is 1. The molecule has 0 saturated heterocycles. The van der Waals surface area contributed by atoms with E-state index < -0.39 is 11.9 Å². The normalized spacial score (nSPS) is 11.9. The van der Waals surface area contributed by atoms with Crippen LogP contribution in [0.4, 0.5) is 13.2 Å². The Morgan fingerprint density at radius 2 is 2.05 bits per heavy atom. The van der Waals surface area contributed by atoms with Crippen molar-refractivity contribution >= 4 is 11.6 Å². The minimum atomic E-state index is -4.51. The SMILES string of the molecule is OCCCc1cn(Cc2ccc(Cl)nc2)nc1C(F)(F)F. The highest BCUT2D eigenvalue weighted by Crippen LogP contribution is 2.31. The van der Waals surface area contributed by atoms with E-state index in [9.17, 15) is 13.2 Å². The third-order valence-electron chi connectivity index (χ3n) is 2.84. The highest BCUT2D eigenvalue weighted by atomic mass is 35.5. The van der Waals surface area contributed by atoms with E-state index in [1.165, 1.54) is 17.1 Å². The Morgan fingerprint density at radius 1 is 1.29 bits per heavy atom. The highest BCUT2D eigenvalue weighted by molar-refractivity contribution is 6.29. The van der Waals surface area contributed by atoms with Crippen molar-refractivity contribution in [2.75, 3.05) is 6.61 Å². The average Bonchev–Trinajstić information content (AvgIpc) is 2.82. The summed E-state index contributed by atoms with van der Waals surface area (Å²) in [6.07, 6.45) is -1.27. The zero-order valence-corrected chi connectivity index (χ0v) is 11.7. The van der Waals surface area contributed by atoms with E-state index in [-0.39, 0.29) is 31.6 Å². The van der Waals surface area contributed by atoms with Crippen molar-refractivity contribution in [3.63, 3.8) is 0 Å². The maximum Gasteiger partial charge on any atom is 0.435 e. The number of rotatable bonds is 5. The number of hydrogen-bond acceptors (Lipinski definition) is 3. The summed E-state index contributed by atoms with van der Waals surface area (Å²) in [5.41, 5.74) is -0.124. The second-order valence-corrected chi connectivity index (χ2v) is 4.90. The molecule has 4 nitrogen and oxygen atoms in total. The molecule has 0 saturated carbocycles. The van der Waals surface area contributed by atoms with Crippen LogP contribution in [-0.4, -0.2) is 26.5 Å². The number of aliphatic hydroxyl groups excluding tert-OH is 1. The topological polar surface area (TPSA) is 50.9 Å². The molecule has 0 bridgehead atoms. The molecule has 0 atom stereocenters. The summed E-state index contributed by atoms with van der Waals surface area (Å²) in [4.78, 5) is 3.87. The van der Waals surface area contributed by atoms with E-state index in [2.05, 4.69) is 10.1 Å². The van der Waals surface area contributed by atoms with Gasteiger partial charge < -0.3 is 5.11 Å². The lowest BCUT2D eigenvalue weighted by molar-refractivity contribution is -0.142. The van der Waals surface area contributed by atoms with E-state index in [0.717, 1.165) is 0 Å². The first kappa shape index (κ1) is 15.8. The standard InChI is InChI=1S/C13H13ClF3N3O/c14-11-4-3-9(6-18-11)7-20-8-10(2-1-5-21)12(19-20)13(15,16)17/h3-4,6,8,21H,1-2,5,7H2. The van der Waals surface area contributed by atoms with E-state index in [0.29, 0.717) is 10.7 Å². The molecule has 21 heavy (non-hydrogen) atoms. The largest absolute Gasteiger partial charge is 0.435 e. The molecule has 114 valence electrons. The van der Waals surface area contributed by atoms with Gasteiger partial charge in [-0.05, 0) is 24.5 Å². The first-order chi connectivity index (χ1) is 9.90. The summed E-state index contributed by atoms with van der Waals surface area (Å²) < 4.78 is 40.0. The van der Waals surface area contributed by atoms with Gasteiger partial charge >= 0.3 is 6.18 Å². The van der Waals surface area contributed by atoms with E-state index >= 15 is 0 Å². The van der Waals surface area contributed by atoms with Gasteiger partial charge in [0.2, 0.25) is 0 Å². The molecular formula is C13H13ClF3N3O. The lowest BCUT2D eigenvalue weighted by Crippen LogP contribution is -2.10. The van der Waals surface area contributed by atoms with E-state index in [4.69, 9.17) is 16.7 Å². The van der Waals surface area contributed by atoms with Gasteiger partial charge in [0.15, 0.2) is 5.69 Å². The Balaban J connectivity index is 2.23. The van der Waals surface area contributed by atoms with Crippen LogP contribution >= 0.6 is 11.6 Å². The summed E-state index contributed by atoms with van der Waals surface area (Å²) in [6, 6.07) is 3.25. The molecule has 0 fully saturated rings. The van der Waals surface area contributed by atoms with Crippen molar-refractivity contribution in [2.45, 2.75) is 25.6 Å². The number of hydrogen-bond donors (Lipinski definition) is 1. The smallest absolute Gasteiger partial charge is 0.396 e. The van der Waals surface area contributed by atoms with Gasteiger partial charge in [0.1, 0.15) is 5.15 Å². The second kappa shape index (κ2) is 6.44. The molecule has 2 aromatic rings. The molecule has 0 aliphatic rings. The van der Waals surface area contributed by atoms with E-state index in [1.807, 2.05) is 0 Å². The van der Waals surface area contributed by atoms with Crippen LogP contribution in [0.1, 0.15) is 23.2 Å². The van der Waals surface area contributed by atoms with Crippen LogP contribution in [0.15, 0.2) is 24.5 Å². The Hall–Kier alpha value is -1.60. The number of aromatic nitrogens is 3. The molecule has 0 spiro atoms. The number of nitrogens with zero attached hydrogens (tertiary/aromatic N) is 3. The van der Waals surface area contributed by atoms with Gasteiger partial charge in [-0.2, -0.15) is 18.3 Å². The zero-order chi connectivity index (χ0) is 15.5. The first-order valence-electron chi connectivity index (χ1n) is 6.25. The van der Waals surface area contributed by atoms with Crippen molar-refractivity contribution in [3.05, 3.63) is 46.5 Å². The lowest BCUT2D eigenvalue weighted by atomic mass is 10.1. The minimum Gasteiger partial charge on any atom is -0.396 e. The van der Waals surface area contributed by atoms with E-state index in [1.54, 1.807) is 12.1 Å². The van der Waals surface area contributed by atoms with Gasteiger partial charge in [0.25, 0.3) is 0 Å². The second-order valence-electron chi connectivity index (χ2n) is 4.51. The van der Waals surface area contributed by atoms with Gasteiger partial charge in [0.05, 0.1) is 6.54 Å². The van der Waals surface area contributed by atoms with Gasteiger partial charge in [-0.15, -0.1) is 0 Å². The van der Waals surface area contributed by atoms with Crippen LogP contribution in [-0.2, 0) is 19.1 Å². The number of aryl methyl sites for hydroxylation is 1. The quantitative estimate of drug-likeness (QED) is 0.862. The number of pyridine rings is 1. The number of halogens is 4. The van der Waals surface area contributed by atoms with Crippen molar-refractivity contribution in [1.82, 2.24) is 14.8 Å². The molecule has 2 rings (SSSR count). The van der Waals surface area contributed by atoms with Crippen LogP contribution in [0.25, 0.3) is 0 Å². The third-order valence-corrected chi connectivity index (χ3v) is 3.07. The number of alkyl halides is 3. The highest BCUT2D eigenvalue weighted by Gasteiger charge is 2.36. The summed E-state index contributed by atoms with van der Waals surface area (Å²) in [7, 11) is 0. The predicted octanol–water partition coefficient (Wildman–Crippen LogP) is 2.92. The van der Waals surface area contributed by atoms with Gasteiger partial charge in [-0.3, -0.25) is 4.68 Å². The maximum absolute atomic E-state index is 12.9. The molecular weight excluding hydrogens is 307 g/mol. The Labute approximate surface area is 124 Å².